The zero-order valence-corrected chi connectivity index (χ0v) is 14.0. The highest BCUT2D eigenvalue weighted by Crippen LogP contribution is 2.44. The van der Waals surface area contributed by atoms with Gasteiger partial charge in [0.25, 0.3) is 0 Å². The number of halogens is 3. The summed E-state index contributed by atoms with van der Waals surface area (Å²) in [5, 5.41) is 3.08. The molecule has 0 radical (unpaired) electrons. The molecule has 21 heavy (non-hydrogen) atoms. The van der Waals surface area contributed by atoms with Crippen LogP contribution in [0.25, 0.3) is 0 Å². The lowest BCUT2D eigenvalue weighted by atomic mass is 9.78. The van der Waals surface area contributed by atoms with Crippen molar-refractivity contribution in [3.8, 4) is 0 Å². The molecule has 6 heteroatoms. The maximum Gasteiger partial charge on any atom is 0.305 e. The topological polar surface area (TPSA) is 38.3 Å². The standard InChI is InChI=1S/C15H18BrF2NO2/c1-5-10(20)21-14-7(2)11-9(19-15(14,3)4)6-8(17)12(16)13(11)18/h6-7,14,19H,5H2,1-4H3/t7-,14+/m0/s1. The van der Waals surface area contributed by atoms with E-state index >= 15 is 0 Å². The van der Waals surface area contributed by atoms with Crippen molar-refractivity contribution in [2.75, 3.05) is 5.32 Å². The third-order valence-electron chi connectivity index (χ3n) is 3.82. The molecule has 1 aliphatic heterocycles. The Hall–Kier alpha value is -1.17. The Labute approximate surface area is 131 Å². The molecule has 1 aliphatic rings. The van der Waals surface area contributed by atoms with Crippen molar-refractivity contribution in [3.05, 3.63) is 27.7 Å². The summed E-state index contributed by atoms with van der Waals surface area (Å²) in [6, 6.07) is 1.26. The minimum absolute atomic E-state index is 0.199. The molecule has 1 aromatic rings. The Morgan fingerprint density at radius 3 is 2.67 bits per heavy atom. The molecule has 0 bridgehead atoms. The maximum absolute atomic E-state index is 14.4. The summed E-state index contributed by atoms with van der Waals surface area (Å²) in [5.74, 6) is -2.04. The molecule has 116 valence electrons. The minimum Gasteiger partial charge on any atom is -0.459 e. The van der Waals surface area contributed by atoms with Gasteiger partial charge >= 0.3 is 5.97 Å². The molecular formula is C15H18BrF2NO2. The molecule has 3 nitrogen and oxygen atoms in total. The summed E-state index contributed by atoms with van der Waals surface area (Å²) in [4.78, 5) is 11.6. The first-order valence-electron chi connectivity index (χ1n) is 6.84. The molecule has 0 fully saturated rings. The second kappa shape index (κ2) is 5.55. The van der Waals surface area contributed by atoms with Gasteiger partial charge in [-0.2, -0.15) is 0 Å². The smallest absolute Gasteiger partial charge is 0.305 e. The average Bonchev–Trinajstić information content (AvgIpc) is 2.39. The third kappa shape index (κ3) is 2.78. The van der Waals surface area contributed by atoms with Crippen LogP contribution in [-0.2, 0) is 9.53 Å². The monoisotopic (exact) mass is 361 g/mol. The third-order valence-corrected chi connectivity index (χ3v) is 4.55. The second-order valence-corrected chi connectivity index (χ2v) is 6.64. The van der Waals surface area contributed by atoms with Crippen LogP contribution in [0.1, 0.15) is 45.6 Å². The molecule has 2 atom stereocenters. The van der Waals surface area contributed by atoms with E-state index in [-0.39, 0.29) is 22.8 Å². The number of fused-ring (bicyclic) bond motifs is 1. The summed E-state index contributed by atoms with van der Waals surface area (Å²) in [6.07, 6.45) is -0.286. The molecule has 0 saturated heterocycles. The van der Waals surface area contributed by atoms with Crippen LogP contribution in [0.15, 0.2) is 10.5 Å². The van der Waals surface area contributed by atoms with Crippen molar-refractivity contribution < 1.29 is 18.3 Å². The zero-order chi connectivity index (χ0) is 15.9. The summed E-state index contributed by atoms with van der Waals surface area (Å²) < 4.78 is 33.3. The molecular weight excluding hydrogens is 344 g/mol. The van der Waals surface area contributed by atoms with Crippen LogP contribution in [0, 0.1) is 11.6 Å². The van der Waals surface area contributed by atoms with Crippen molar-refractivity contribution in [3.63, 3.8) is 0 Å². The van der Waals surface area contributed by atoms with E-state index in [1.165, 1.54) is 6.07 Å². The first kappa shape index (κ1) is 16.2. The zero-order valence-electron chi connectivity index (χ0n) is 12.4. The van der Waals surface area contributed by atoms with E-state index in [0.717, 1.165) is 0 Å². The van der Waals surface area contributed by atoms with E-state index in [2.05, 4.69) is 21.2 Å². The number of hydrogen-bond donors (Lipinski definition) is 1. The molecule has 0 unspecified atom stereocenters. The van der Waals surface area contributed by atoms with Gasteiger partial charge in [-0.1, -0.05) is 13.8 Å². The number of ether oxygens (including phenoxy) is 1. The lowest BCUT2D eigenvalue weighted by Crippen LogP contribution is -2.52. The highest BCUT2D eigenvalue weighted by Gasteiger charge is 2.44. The lowest BCUT2D eigenvalue weighted by molar-refractivity contribution is -0.152. The Kier molecular flexibility index (Phi) is 4.29. The maximum atomic E-state index is 14.4. The van der Waals surface area contributed by atoms with Crippen molar-refractivity contribution in [2.24, 2.45) is 0 Å². The molecule has 1 aromatic carbocycles. The Morgan fingerprint density at radius 1 is 1.48 bits per heavy atom. The first-order chi connectivity index (χ1) is 9.69. The van der Waals surface area contributed by atoms with Gasteiger partial charge in [-0.25, -0.2) is 8.78 Å². The predicted molar refractivity (Wildman–Crippen MR) is 80.3 cm³/mol. The van der Waals surface area contributed by atoms with E-state index in [0.29, 0.717) is 11.3 Å². The molecule has 1 heterocycles. The van der Waals surface area contributed by atoms with Gasteiger partial charge in [-0.15, -0.1) is 0 Å². The summed E-state index contributed by atoms with van der Waals surface area (Å²) in [5.41, 5.74) is 0.107. The summed E-state index contributed by atoms with van der Waals surface area (Å²) in [7, 11) is 0. The largest absolute Gasteiger partial charge is 0.459 e. The fourth-order valence-electron chi connectivity index (χ4n) is 2.83. The number of carbonyl (C=O) groups is 1. The summed E-state index contributed by atoms with van der Waals surface area (Å²) in [6.45, 7) is 7.18. The van der Waals surface area contributed by atoms with Crippen LogP contribution in [0.4, 0.5) is 14.5 Å². The van der Waals surface area contributed by atoms with E-state index in [4.69, 9.17) is 4.74 Å². The van der Waals surface area contributed by atoms with Crippen LogP contribution in [0.3, 0.4) is 0 Å². The Bertz CT molecular complexity index is 590. The number of nitrogens with one attached hydrogen (secondary N) is 1. The number of hydrogen-bond acceptors (Lipinski definition) is 3. The van der Waals surface area contributed by atoms with Crippen LogP contribution < -0.4 is 5.32 Å². The highest BCUT2D eigenvalue weighted by molar-refractivity contribution is 9.10. The molecule has 0 aliphatic carbocycles. The SMILES string of the molecule is CCC(=O)O[C@@H]1[C@@H](C)c2c(cc(F)c(Br)c2F)NC1(C)C. The van der Waals surface area contributed by atoms with Crippen LogP contribution in [0.2, 0.25) is 0 Å². The van der Waals surface area contributed by atoms with Gasteiger partial charge in [0.15, 0.2) is 0 Å². The molecule has 0 spiro atoms. The fourth-order valence-corrected chi connectivity index (χ4v) is 3.15. The number of anilines is 1. The van der Waals surface area contributed by atoms with Gasteiger partial charge in [-0.05, 0) is 35.8 Å². The van der Waals surface area contributed by atoms with Crippen molar-refractivity contribution in [2.45, 2.75) is 51.7 Å². The number of esters is 1. The van der Waals surface area contributed by atoms with Crippen molar-refractivity contribution in [1.29, 1.82) is 0 Å². The van der Waals surface area contributed by atoms with Gasteiger partial charge in [-0.3, -0.25) is 4.79 Å². The molecule has 0 saturated carbocycles. The van der Waals surface area contributed by atoms with Crippen molar-refractivity contribution in [1.82, 2.24) is 0 Å². The van der Waals surface area contributed by atoms with Gasteiger partial charge in [0, 0.05) is 23.6 Å². The number of benzene rings is 1. The number of rotatable bonds is 2. The lowest BCUT2D eigenvalue weighted by Gasteiger charge is -2.44. The highest BCUT2D eigenvalue weighted by atomic mass is 79.9. The first-order valence-corrected chi connectivity index (χ1v) is 7.63. The van der Waals surface area contributed by atoms with Crippen LogP contribution in [-0.4, -0.2) is 17.6 Å². The fraction of sp³-hybridized carbons (Fsp3) is 0.533. The van der Waals surface area contributed by atoms with E-state index in [1.54, 1.807) is 13.8 Å². The van der Waals surface area contributed by atoms with E-state index in [1.807, 2.05) is 13.8 Å². The van der Waals surface area contributed by atoms with Gasteiger partial charge in [0.1, 0.15) is 17.7 Å². The average molecular weight is 362 g/mol. The molecule has 0 aromatic heterocycles. The second-order valence-electron chi connectivity index (χ2n) is 5.85. The Balaban J connectivity index is 2.51. The predicted octanol–water partition coefficient (Wildman–Crippen LogP) is 4.36. The van der Waals surface area contributed by atoms with Crippen LogP contribution >= 0.6 is 15.9 Å². The van der Waals surface area contributed by atoms with Crippen molar-refractivity contribution >= 4 is 27.6 Å². The quantitative estimate of drug-likeness (QED) is 0.628. The minimum atomic E-state index is -0.661. The van der Waals surface area contributed by atoms with Gasteiger partial charge in [0.2, 0.25) is 0 Å². The normalized spacial score (nSPS) is 23.2. The molecule has 0 amide bonds. The van der Waals surface area contributed by atoms with Gasteiger partial charge in [0.05, 0.1) is 10.0 Å². The summed E-state index contributed by atoms with van der Waals surface area (Å²) >= 11 is 2.91. The van der Waals surface area contributed by atoms with E-state index < -0.39 is 23.3 Å². The Morgan fingerprint density at radius 2 is 2.10 bits per heavy atom. The molecule has 1 N–H and O–H groups in total. The van der Waals surface area contributed by atoms with Gasteiger partial charge < -0.3 is 10.1 Å². The molecule has 2 rings (SSSR count). The van der Waals surface area contributed by atoms with Crippen LogP contribution in [0.5, 0.6) is 0 Å². The van der Waals surface area contributed by atoms with E-state index in [9.17, 15) is 13.6 Å². The number of carbonyl (C=O) groups excluding carboxylic acids is 1.